The Kier molecular flexibility index (Phi) is 7.85. The second-order valence-electron chi connectivity index (χ2n) is 5.92. The third-order valence-electron chi connectivity index (χ3n) is 3.04. The first kappa shape index (κ1) is 19.8. The quantitative estimate of drug-likeness (QED) is 0.876. The highest BCUT2D eigenvalue weighted by Crippen LogP contribution is 2.32. The number of hydrogen-bond acceptors (Lipinski definition) is 3. The van der Waals surface area contributed by atoms with Crippen LogP contribution in [0, 0.1) is 11.2 Å². The van der Waals surface area contributed by atoms with E-state index in [4.69, 9.17) is 10.5 Å². The van der Waals surface area contributed by atoms with Crippen molar-refractivity contribution in [2.24, 2.45) is 11.1 Å². The van der Waals surface area contributed by atoms with Crippen molar-refractivity contribution in [2.45, 2.75) is 32.9 Å². The van der Waals surface area contributed by atoms with Gasteiger partial charge in [0.1, 0.15) is 11.9 Å². The zero-order valence-electron chi connectivity index (χ0n) is 12.9. The number of nitrogens with one attached hydrogen (secondary N) is 1. The lowest BCUT2D eigenvalue weighted by Crippen LogP contribution is -2.47. The lowest BCUT2D eigenvalue weighted by molar-refractivity contribution is -0.125. The third kappa shape index (κ3) is 5.99. The molecule has 2 atom stereocenters. The first-order valence-electron chi connectivity index (χ1n) is 6.56. The van der Waals surface area contributed by atoms with Crippen LogP contribution < -0.4 is 11.1 Å². The average molecular weight is 319 g/mol. The maximum atomic E-state index is 13.0. The Morgan fingerprint density at radius 1 is 1.33 bits per heavy atom. The van der Waals surface area contributed by atoms with Crippen LogP contribution in [0.4, 0.5) is 4.39 Å². The van der Waals surface area contributed by atoms with Crippen LogP contribution in [0.3, 0.4) is 0 Å². The fourth-order valence-corrected chi connectivity index (χ4v) is 1.96. The first-order valence-corrected chi connectivity index (χ1v) is 6.56. The van der Waals surface area contributed by atoms with Gasteiger partial charge in [0.05, 0.1) is 12.6 Å². The van der Waals surface area contributed by atoms with Gasteiger partial charge in [0.25, 0.3) is 0 Å². The Bertz CT molecular complexity index is 446. The molecule has 0 saturated carbocycles. The molecule has 0 aromatic heterocycles. The van der Waals surface area contributed by atoms with Crippen LogP contribution in [-0.4, -0.2) is 25.7 Å². The Morgan fingerprint density at radius 2 is 1.86 bits per heavy atom. The number of ether oxygens (including phenoxy) is 1. The second kappa shape index (κ2) is 8.32. The summed E-state index contributed by atoms with van der Waals surface area (Å²) in [7, 11) is 1.49. The number of halogens is 2. The van der Waals surface area contributed by atoms with Crippen LogP contribution in [-0.2, 0) is 9.53 Å². The molecule has 0 aliphatic carbocycles. The number of benzene rings is 1. The van der Waals surface area contributed by atoms with Crippen LogP contribution in [0.2, 0.25) is 0 Å². The zero-order chi connectivity index (χ0) is 15.3. The Morgan fingerprint density at radius 3 is 2.29 bits per heavy atom. The second-order valence-corrected chi connectivity index (χ2v) is 5.92. The van der Waals surface area contributed by atoms with Gasteiger partial charge in [0.15, 0.2) is 0 Å². The number of carbonyl (C=O) groups is 1. The summed E-state index contributed by atoms with van der Waals surface area (Å²) in [5, 5.41) is 2.91. The lowest BCUT2D eigenvalue weighted by Gasteiger charge is -2.32. The van der Waals surface area contributed by atoms with Crippen LogP contribution in [0.1, 0.15) is 32.4 Å². The van der Waals surface area contributed by atoms with Crippen molar-refractivity contribution in [1.82, 2.24) is 5.32 Å². The van der Waals surface area contributed by atoms with Gasteiger partial charge in [-0.1, -0.05) is 32.9 Å². The molecule has 21 heavy (non-hydrogen) atoms. The van der Waals surface area contributed by atoms with Crippen molar-refractivity contribution in [1.29, 1.82) is 0 Å². The van der Waals surface area contributed by atoms with Crippen molar-refractivity contribution in [2.75, 3.05) is 13.7 Å². The third-order valence-corrected chi connectivity index (χ3v) is 3.04. The molecule has 2 unspecified atom stereocenters. The van der Waals surface area contributed by atoms with E-state index in [9.17, 15) is 9.18 Å². The molecule has 3 N–H and O–H groups in total. The molecule has 1 rings (SSSR count). The average Bonchev–Trinajstić information content (AvgIpc) is 2.36. The molecule has 0 aliphatic rings. The van der Waals surface area contributed by atoms with Crippen molar-refractivity contribution < 1.29 is 13.9 Å². The van der Waals surface area contributed by atoms with Crippen LogP contribution in [0.25, 0.3) is 0 Å². The van der Waals surface area contributed by atoms with Crippen LogP contribution in [0.5, 0.6) is 0 Å². The van der Waals surface area contributed by atoms with Gasteiger partial charge in [0.2, 0.25) is 5.91 Å². The zero-order valence-corrected chi connectivity index (χ0v) is 13.7. The SMILES string of the molecule is COCC(N)C(=O)NC(c1ccc(F)cc1)C(C)(C)C.Cl. The number of nitrogens with two attached hydrogens (primary N) is 1. The lowest BCUT2D eigenvalue weighted by atomic mass is 9.82. The minimum absolute atomic E-state index is 0. The standard InChI is InChI=1S/C15H23FN2O2.ClH/c1-15(2,3)13(10-5-7-11(16)8-6-10)18-14(19)12(17)9-20-4;/h5-8,12-13H,9,17H2,1-4H3,(H,18,19);1H. The summed E-state index contributed by atoms with van der Waals surface area (Å²) in [6, 6.07) is 5.15. The molecule has 120 valence electrons. The van der Waals surface area contributed by atoms with Crippen molar-refractivity contribution >= 4 is 18.3 Å². The number of carbonyl (C=O) groups excluding carboxylic acids is 1. The monoisotopic (exact) mass is 318 g/mol. The fourth-order valence-electron chi connectivity index (χ4n) is 1.96. The molecule has 0 radical (unpaired) electrons. The van der Waals surface area contributed by atoms with Gasteiger partial charge < -0.3 is 15.8 Å². The molecule has 0 bridgehead atoms. The summed E-state index contributed by atoms with van der Waals surface area (Å²) < 4.78 is 17.9. The van der Waals surface area contributed by atoms with Crippen LogP contribution in [0.15, 0.2) is 24.3 Å². The van der Waals surface area contributed by atoms with E-state index in [2.05, 4.69) is 5.32 Å². The molecular formula is C15H24ClFN2O2. The molecule has 6 heteroatoms. The minimum Gasteiger partial charge on any atom is -0.383 e. The van der Waals surface area contributed by atoms with Crippen molar-refractivity contribution in [3.8, 4) is 0 Å². The molecular weight excluding hydrogens is 295 g/mol. The minimum atomic E-state index is -0.717. The summed E-state index contributed by atoms with van der Waals surface area (Å²) in [4.78, 5) is 12.0. The normalized spacial score (nSPS) is 14.0. The summed E-state index contributed by atoms with van der Waals surface area (Å²) >= 11 is 0. The number of amides is 1. The Hall–Kier alpha value is -1.17. The van der Waals surface area contributed by atoms with Crippen molar-refractivity contribution in [3.63, 3.8) is 0 Å². The molecule has 1 amide bonds. The highest BCUT2D eigenvalue weighted by molar-refractivity contribution is 5.85. The predicted molar refractivity (Wildman–Crippen MR) is 83.8 cm³/mol. The van der Waals surface area contributed by atoms with Gasteiger partial charge in [-0.3, -0.25) is 4.79 Å². The summed E-state index contributed by atoms with van der Waals surface area (Å²) in [6.45, 7) is 6.17. The Balaban J connectivity index is 0.00000400. The maximum absolute atomic E-state index is 13.0. The van der Waals surface area contributed by atoms with Gasteiger partial charge in [0, 0.05) is 7.11 Å². The van der Waals surface area contributed by atoms with Crippen molar-refractivity contribution in [3.05, 3.63) is 35.6 Å². The number of rotatable bonds is 5. The topological polar surface area (TPSA) is 64.3 Å². The molecule has 1 aromatic carbocycles. The van der Waals surface area contributed by atoms with E-state index >= 15 is 0 Å². The van der Waals surface area contributed by atoms with E-state index in [-0.39, 0.29) is 42.2 Å². The number of hydrogen-bond donors (Lipinski definition) is 2. The van der Waals surface area contributed by atoms with Gasteiger partial charge in [-0.15, -0.1) is 12.4 Å². The van der Waals surface area contributed by atoms with Gasteiger partial charge in [-0.05, 0) is 23.1 Å². The maximum Gasteiger partial charge on any atom is 0.239 e. The van der Waals surface area contributed by atoms with E-state index in [0.29, 0.717) is 0 Å². The molecule has 0 heterocycles. The number of methoxy groups -OCH3 is 1. The van der Waals surface area contributed by atoms with E-state index < -0.39 is 6.04 Å². The molecule has 0 saturated heterocycles. The van der Waals surface area contributed by atoms with E-state index in [0.717, 1.165) is 5.56 Å². The predicted octanol–water partition coefficient (Wildman–Crippen LogP) is 2.42. The summed E-state index contributed by atoms with van der Waals surface area (Å²) in [5.41, 5.74) is 6.35. The van der Waals surface area contributed by atoms with Gasteiger partial charge in [-0.2, -0.15) is 0 Å². The van der Waals surface area contributed by atoms with Crippen LogP contribution >= 0.6 is 12.4 Å². The van der Waals surface area contributed by atoms with E-state index in [1.807, 2.05) is 20.8 Å². The highest BCUT2D eigenvalue weighted by Gasteiger charge is 2.29. The molecule has 0 spiro atoms. The largest absolute Gasteiger partial charge is 0.383 e. The van der Waals surface area contributed by atoms with E-state index in [1.54, 1.807) is 12.1 Å². The molecule has 1 aromatic rings. The summed E-state index contributed by atoms with van der Waals surface area (Å²) in [5.74, 6) is -0.583. The summed E-state index contributed by atoms with van der Waals surface area (Å²) in [6.07, 6.45) is 0. The fraction of sp³-hybridized carbons (Fsp3) is 0.533. The van der Waals surface area contributed by atoms with E-state index in [1.165, 1.54) is 19.2 Å². The first-order chi connectivity index (χ1) is 9.25. The van der Waals surface area contributed by atoms with Gasteiger partial charge in [-0.25, -0.2) is 4.39 Å². The van der Waals surface area contributed by atoms with Gasteiger partial charge >= 0.3 is 0 Å². The molecule has 4 nitrogen and oxygen atoms in total. The highest BCUT2D eigenvalue weighted by atomic mass is 35.5. The molecule has 0 fully saturated rings. The Labute approximate surface area is 131 Å². The smallest absolute Gasteiger partial charge is 0.239 e. The molecule has 0 aliphatic heterocycles.